The number of ether oxygens (including phenoxy) is 1. The lowest BCUT2D eigenvalue weighted by atomic mass is 10.1. The molecular weight excluding hydrogens is 306 g/mol. The van der Waals surface area contributed by atoms with Crippen molar-refractivity contribution >= 4 is 16.6 Å². The number of aromatic nitrogens is 1. The van der Waals surface area contributed by atoms with Crippen molar-refractivity contribution in [1.82, 2.24) is 4.57 Å². The molecule has 0 unspecified atom stereocenters. The molecule has 0 fully saturated rings. The van der Waals surface area contributed by atoms with Crippen LogP contribution < -0.4 is 4.74 Å². The second-order valence-corrected chi connectivity index (χ2v) is 5.51. The van der Waals surface area contributed by atoms with E-state index in [4.69, 9.17) is 10.00 Å². The number of benzene rings is 2. The van der Waals surface area contributed by atoms with E-state index in [1.54, 1.807) is 31.4 Å². The van der Waals surface area contributed by atoms with Crippen molar-refractivity contribution in [2.75, 3.05) is 7.11 Å². The zero-order valence-electron chi connectivity index (χ0n) is 13.3. The third-order valence-electron chi connectivity index (χ3n) is 4.12. The molecule has 6 heteroatoms. The van der Waals surface area contributed by atoms with E-state index < -0.39 is 4.92 Å². The Morgan fingerprint density at radius 3 is 2.71 bits per heavy atom. The lowest BCUT2D eigenvalue weighted by molar-refractivity contribution is -0.384. The molecule has 3 aromatic rings. The van der Waals surface area contributed by atoms with Crippen LogP contribution in [0, 0.1) is 21.4 Å². The summed E-state index contributed by atoms with van der Waals surface area (Å²) in [5.41, 5.74) is 3.52. The van der Waals surface area contributed by atoms with Crippen LogP contribution in [0.15, 0.2) is 42.5 Å². The van der Waals surface area contributed by atoms with Gasteiger partial charge in [0.2, 0.25) is 0 Å². The Morgan fingerprint density at radius 2 is 2.04 bits per heavy atom. The zero-order valence-corrected chi connectivity index (χ0v) is 13.3. The van der Waals surface area contributed by atoms with E-state index in [0.717, 1.165) is 22.2 Å². The van der Waals surface area contributed by atoms with Crippen molar-refractivity contribution in [2.45, 2.75) is 6.42 Å². The molecule has 0 saturated carbocycles. The number of aryl methyl sites for hydroxylation is 1. The smallest absolute Gasteiger partial charge is 0.270 e. The van der Waals surface area contributed by atoms with Crippen molar-refractivity contribution in [2.24, 2.45) is 7.05 Å². The van der Waals surface area contributed by atoms with Gasteiger partial charge < -0.3 is 9.30 Å². The number of hydrogen-bond acceptors (Lipinski definition) is 4. The highest BCUT2D eigenvalue weighted by atomic mass is 16.6. The number of hydrogen-bond donors (Lipinski definition) is 0. The summed E-state index contributed by atoms with van der Waals surface area (Å²) in [5.74, 6) is 0.658. The van der Waals surface area contributed by atoms with E-state index in [2.05, 4.69) is 6.07 Å². The number of nitro groups is 1. The van der Waals surface area contributed by atoms with Crippen LogP contribution >= 0.6 is 0 Å². The van der Waals surface area contributed by atoms with Gasteiger partial charge in [-0.15, -0.1) is 0 Å². The van der Waals surface area contributed by atoms with Crippen molar-refractivity contribution < 1.29 is 9.66 Å². The fourth-order valence-electron chi connectivity index (χ4n) is 2.83. The third-order valence-corrected chi connectivity index (χ3v) is 4.12. The highest BCUT2D eigenvalue weighted by Gasteiger charge is 2.13. The summed E-state index contributed by atoms with van der Waals surface area (Å²) in [6, 6.07) is 14.2. The van der Waals surface area contributed by atoms with Gasteiger partial charge in [0.1, 0.15) is 5.75 Å². The molecule has 0 saturated heterocycles. The van der Waals surface area contributed by atoms with Gasteiger partial charge >= 0.3 is 0 Å². The topological polar surface area (TPSA) is 81.1 Å². The summed E-state index contributed by atoms with van der Waals surface area (Å²) in [5, 5.41) is 20.7. The second kappa shape index (κ2) is 6.05. The van der Waals surface area contributed by atoms with E-state index in [1.165, 1.54) is 6.07 Å². The molecular formula is C18H15N3O3. The number of methoxy groups -OCH3 is 1. The van der Waals surface area contributed by atoms with E-state index >= 15 is 0 Å². The maximum absolute atomic E-state index is 10.9. The average molecular weight is 321 g/mol. The minimum absolute atomic E-state index is 0.0793. The van der Waals surface area contributed by atoms with Gasteiger partial charge in [-0.05, 0) is 24.3 Å². The Bertz CT molecular complexity index is 983. The van der Waals surface area contributed by atoms with Gasteiger partial charge in [-0.25, -0.2) is 0 Å². The molecule has 6 nitrogen and oxygen atoms in total. The number of nitriles is 1. The molecule has 1 heterocycles. The van der Waals surface area contributed by atoms with Gasteiger partial charge in [-0.2, -0.15) is 5.26 Å². The molecule has 0 aliphatic carbocycles. The first-order chi connectivity index (χ1) is 11.5. The average Bonchev–Trinajstić information content (AvgIpc) is 2.90. The molecule has 0 radical (unpaired) electrons. The highest BCUT2D eigenvalue weighted by molar-refractivity contribution is 5.83. The van der Waals surface area contributed by atoms with Gasteiger partial charge in [0.05, 0.1) is 23.7 Å². The van der Waals surface area contributed by atoms with Crippen molar-refractivity contribution in [3.8, 4) is 11.8 Å². The largest absolute Gasteiger partial charge is 0.496 e. The zero-order chi connectivity index (χ0) is 17.3. The van der Waals surface area contributed by atoms with Crippen LogP contribution in [0.1, 0.15) is 16.8 Å². The Labute approximate surface area is 138 Å². The molecule has 2 aromatic carbocycles. The van der Waals surface area contributed by atoms with Crippen LogP contribution in [0.2, 0.25) is 0 Å². The summed E-state index contributed by atoms with van der Waals surface area (Å²) in [7, 11) is 3.50. The molecule has 3 rings (SSSR count). The fraction of sp³-hybridized carbons (Fsp3) is 0.167. The van der Waals surface area contributed by atoms with Crippen LogP contribution in [-0.2, 0) is 13.5 Å². The molecule has 0 N–H and O–H groups in total. The number of non-ortho nitro benzene ring substituents is 1. The quantitative estimate of drug-likeness (QED) is 0.543. The summed E-state index contributed by atoms with van der Waals surface area (Å²) in [6.07, 6.45) is 0.605. The summed E-state index contributed by atoms with van der Waals surface area (Å²) >= 11 is 0. The third kappa shape index (κ3) is 2.68. The van der Waals surface area contributed by atoms with E-state index in [0.29, 0.717) is 17.7 Å². The van der Waals surface area contributed by atoms with Crippen LogP contribution in [0.4, 0.5) is 5.69 Å². The first-order valence-corrected chi connectivity index (χ1v) is 7.33. The molecule has 1 aromatic heterocycles. The van der Waals surface area contributed by atoms with E-state index in [1.807, 2.05) is 23.7 Å². The molecule has 0 amide bonds. The number of fused-ring (bicyclic) bond motifs is 1. The Morgan fingerprint density at radius 1 is 1.25 bits per heavy atom. The molecule has 120 valence electrons. The van der Waals surface area contributed by atoms with Gasteiger partial charge in [0, 0.05) is 47.8 Å². The summed E-state index contributed by atoms with van der Waals surface area (Å²) in [4.78, 5) is 10.5. The monoisotopic (exact) mass is 321 g/mol. The molecule has 0 aliphatic heterocycles. The fourth-order valence-corrected chi connectivity index (χ4v) is 2.83. The maximum Gasteiger partial charge on any atom is 0.270 e. The van der Waals surface area contributed by atoms with Gasteiger partial charge in [0.15, 0.2) is 0 Å². The minimum Gasteiger partial charge on any atom is -0.496 e. The number of nitro benzene ring substituents is 1. The minimum atomic E-state index is -0.393. The van der Waals surface area contributed by atoms with Crippen LogP contribution in [0.5, 0.6) is 5.75 Å². The lowest BCUT2D eigenvalue weighted by Gasteiger charge is -2.10. The predicted molar refractivity (Wildman–Crippen MR) is 90.1 cm³/mol. The van der Waals surface area contributed by atoms with E-state index in [9.17, 15) is 10.1 Å². The van der Waals surface area contributed by atoms with Crippen molar-refractivity contribution in [1.29, 1.82) is 5.26 Å². The van der Waals surface area contributed by atoms with Crippen LogP contribution in [-0.4, -0.2) is 16.6 Å². The molecule has 0 bridgehead atoms. The predicted octanol–water partition coefficient (Wildman–Crippen LogP) is 3.56. The van der Waals surface area contributed by atoms with Crippen LogP contribution in [0.25, 0.3) is 10.9 Å². The van der Waals surface area contributed by atoms with E-state index in [-0.39, 0.29) is 5.69 Å². The number of nitrogens with zero attached hydrogens (tertiary/aromatic N) is 3. The first-order valence-electron chi connectivity index (χ1n) is 7.33. The van der Waals surface area contributed by atoms with Crippen LogP contribution in [0.3, 0.4) is 0 Å². The Kier molecular flexibility index (Phi) is 3.92. The van der Waals surface area contributed by atoms with Gasteiger partial charge in [0.25, 0.3) is 5.69 Å². The van der Waals surface area contributed by atoms with Crippen molar-refractivity contribution in [3.63, 3.8) is 0 Å². The van der Waals surface area contributed by atoms with Gasteiger partial charge in [-0.3, -0.25) is 10.1 Å². The van der Waals surface area contributed by atoms with Crippen molar-refractivity contribution in [3.05, 3.63) is 69.4 Å². The standard InChI is InChI=1S/C18H15N3O3/c1-20-16(8-13-4-3-12(11-19)7-18(13)24-2)10-14-9-15(21(22)23)5-6-17(14)20/h3-7,9-10H,8H2,1-2H3. The first kappa shape index (κ1) is 15.6. The lowest BCUT2D eigenvalue weighted by Crippen LogP contribution is -2.00. The summed E-state index contributed by atoms with van der Waals surface area (Å²) in [6.45, 7) is 0. The molecule has 0 aliphatic rings. The molecule has 24 heavy (non-hydrogen) atoms. The Balaban J connectivity index is 2.03. The maximum atomic E-state index is 10.9. The Hall–Kier alpha value is -3.33. The SMILES string of the molecule is COc1cc(C#N)ccc1Cc1cc2cc([N+](=O)[O-])ccc2n1C. The molecule has 0 atom stereocenters. The molecule has 0 spiro atoms. The second-order valence-electron chi connectivity index (χ2n) is 5.51. The highest BCUT2D eigenvalue weighted by Crippen LogP contribution is 2.28. The summed E-state index contributed by atoms with van der Waals surface area (Å²) < 4.78 is 7.39. The normalized spacial score (nSPS) is 10.5. The number of rotatable bonds is 4. The van der Waals surface area contributed by atoms with Gasteiger partial charge in [-0.1, -0.05) is 6.07 Å².